The van der Waals surface area contributed by atoms with E-state index in [4.69, 9.17) is 5.10 Å². The summed E-state index contributed by atoms with van der Waals surface area (Å²) in [6.07, 6.45) is 4.36. The van der Waals surface area contributed by atoms with E-state index < -0.39 is 0 Å². The molecule has 1 aromatic carbocycles. The number of hydrogen-bond acceptors (Lipinski definition) is 5. The van der Waals surface area contributed by atoms with E-state index in [9.17, 15) is 5.11 Å². The molecule has 0 saturated heterocycles. The van der Waals surface area contributed by atoms with Crippen LogP contribution in [-0.4, -0.2) is 32.8 Å². The second-order valence-electron chi connectivity index (χ2n) is 6.02. The van der Waals surface area contributed by atoms with Gasteiger partial charge in [0.1, 0.15) is 5.75 Å². The summed E-state index contributed by atoms with van der Waals surface area (Å²) in [4.78, 5) is 7.64. The molecule has 0 atom stereocenters. The predicted molar refractivity (Wildman–Crippen MR) is 88.9 cm³/mol. The van der Waals surface area contributed by atoms with Crippen LogP contribution in [0.25, 0.3) is 16.2 Å². The minimum Gasteiger partial charge on any atom is -0.507 e. The lowest BCUT2D eigenvalue weighted by atomic mass is 10.0. The molecule has 5 nitrogen and oxygen atoms in total. The highest BCUT2D eigenvalue weighted by atomic mass is 32.1. The van der Waals surface area contributed by atoms with Crippen molar-refractivity contribution in [3.05, 3.63) is 29.5 Å². The molecule has 1 saturated carbocycles. The first-order valence-corrected chi connectivity index (χ1v) is 8.24. The zero-order chi connectivity index (χ0) is 15.4. The van der Waals surface area contributed by atoms with Crippen LogP contribution in [0.4, 0.5) is 5.13 Å². The molecular formula is C16H18N4OS. The van der Waals surface area contributed by atoms with Gasteiger partial charge in [0, 0.05) is 18.7 Å². The number of rotatable bonds is 3. The zero-order valence-corrected chi connectivity index (χ0v) is 13.7. The maximum Gasteiger partial charge on any atom is 0.214 e. The molecule has 22 heavy (non-hydrogen) atoms. The fourth-order valence-corrected chi connectivity index (χ4v) is 3.65. The summed E-state index contributed by atoms with van der Waals surface area (Å²) >= 11 is 1.62. The summed E-state index contributed by atoms with van der Waals surface area (Å²) in [5.74, 6) is 0.358. The Morgan fingerprint density at radius 3 is 2.59 bits per heavy atom. The van der Waals surface area contributed by atoms with Crippen molar-refractivity contribution in [1.82, 2.24) is 14.6 Å². The van der Waals surface area contributed by atoms with Gasteiger partial charge in [-0.15, -0.1) is 5.10 Å². The van der Waals surface area contributed by atoms with Crippen LogP contribution in [0, 0.1) is 13.8 Å². The van der Waals surface area contributed by atoms with Crippen molar-refractivity contribution in [3.8, 4) is 17.0 Å². The molecule has 0 aliphatic heterocycles. The van der Waals surface area contributed by atoms with Gasteiger partial charge in [0.05, 0.1) is 11.9 Å². The molecule has 1 N–H and O–H groups in total. The van der Waals surface area contributed by atoms with Crippen molar-refractivity contribution in [2.24, 2.45) is 0 Å². The second kappa shape index (κ2) is 4.71. The molecular weight excluding hydrogens is 296 g/mol. The van der Waals surface area contributed by atoms with Crippen molar-refractivity contribution < 1.29 is 5.11 Å². The van der Waals surface area contributed by atoms with E-state index in [1.807, 2.05) is 36.7 Å². The zero-order valence-electron chi connectivity index (χ0n) is 12.9. The lowest BCUT2D eigenvalue weighted by molar-refractivity contribution is 0.467. The smallest absolute Gasteiger partial charge is 0.214 e. The second-order valence-corrected chi connectivity index (χ2v) is 6.96. The topological polar surface area (TPSA) is 53.7 Å². The average molecular weight is 314 g/mol. The molecule has 2 aromatic heterocycles. The standard InChI is InChI=1S/C16H18N4OS/c1-9-6-11(7-10(2)14(9)21)13-8-17-15-20(13)18-16(22-15)19(3)12-4-5-12/h6-8,12,21H,4-5H2,1-3H3. The van der Waals surface area contributed by atoms with Crippen LogP contribution >= 0.6 is 11.3 Å². The summed E-state index contributed by atoms with van der Waals surface area (Å²) in [5.41, 5.74) is 3.74. The van der Waals surface area contributed by atoms with Gasteiger partial charge in [-0.3, -0.25) is 0 Å². The molecule has 6 heteroatoms. The molecule has 0 spiro atoms. The summed E-state index contributed by atoms with van der Waals surface area (Å²) < 4.78 is 1.91. The Kier molecular flexibility index (Phi) is 2.91. The first-order chi connectivity index (χ1) is 10.5. The lowest BCUT2D eigenvalue weighted by Gasteiger charge is -2.12. The van der Waals surface area contributed by atoms with E-state index in [1.54, 1.807) is 11.3 Å². The lowest BCUT2D eigenvalue weighted by Crippen LogP contribution is -2.19. The van der Waals surface area contributed by atoms with Crippen molar-refractivity contribution in [2.45, 2.75) is 32.7 Å². The number of phenols is 1. The van der Waals surface area contributed by atoms with Gasteiger partial charge in [0.2, 0.25) is 10.1 Å². The number of aromatic hydroxyl groups is 1. The molecule has 1 fully saturated rings. The highest BCUT2D eigenvalue weighted by Gasteiger charge is 2.29. The molecule has 0 bridgehead atoms. The number of fused-ring (bicyclic) bond motifs is 1. The number of benzene rings is 1. The molecule has 3 aromatic rings. The van der Waals surface area contributed by atoms with Crippen molar-refractivity contribution in [3.63, 3.8) is 0 Å². The Hall–Kier alpha value is -2.08. The van der Waals surface area contributed by atoms with Gasteiger partial charge in [-0.1, -0.05) is 11.3 Å². The fourth-order valence-electron chi connectivity index (χ4n) is 2.74. The van der Waals surface area contributed by atoms with Gasteiger partial charge >= 0.3 is 0 Å². The van der Waals surface area contributed by atoms with Crippen LogP contribution in [-0.2, 0) is 0 Å². The molecule has 0 radical (unpaired) electrons. The highest BCUT2D eigenvalue weighted by molar-refractivity contribution is 7.20. The summed E-state index contributed by atoms with van der Waals surface area (Å²) in [6, 6.07) is 4.60. The van der Waals surface area contributed by atoms with E-state index >= 15 is 0 Å². The monoisotopic (exact) mass is 314 g/mol. The normalized spacial score (nSPS) is 14.7. The minimum absolute atomic E-state index is 0.358. The average Bonchev–Trinajstić information content (AvgIpc) is 3.13. The Labute approximate surface area is 132 Å². The summed E-state index contributed by atoms with van der Waals surface area (Å²) in [5, 5.41) is 15.7. The third-order valence-electron chi connectivity index (χ3n) is 4.26. The molecule has 1 aliphatic rings. The number of aromatic nitrogens is 3. The van der Waals surface area contributed by atoms with Crippen LogP contribution in [0.3, 0.4) is 0 Å². The minimum atomic E-state index is 0.358. The van der Waals surface area contributed by atoms with Crippen LogP contribution in [0.1, 0.15) is 24.0 Å². The third-order valence-corrected chi connectivity index (χ3v) is 5.27. The Morgan fingerprint density at radius 2 is 1.95 bits per heavy atom. The van der Waals surface area contributed by atoms with Gasteiger partial charge in [-0.25, -0.2) is 9.50 Å². The summed E-state index contributed by atoms with van der Waals surface area (Å²) in [7, 11) is 2.10. The molecule has 2 heterocycles. The molecule has 114 valence electrons. The van der Waals surface area contributed by atoms with Gasteiger partial charge < -0.3 is 10.0 Å². The fraction of sp³-hybridized carbons (Fsp3) is 0.375. The SMILES string of the molecule is Cc1cc(-c2cnc3sc(N(C)C4CC4)nn23)cc(C)c1O. The first-order valence-electron chi connectivity index (χ1n) is 7.42. The van der Waals surface area contributed by atoms with Crippen LogP contribution in [0.15, 0.2) is 18.3 Å². The number of hydrogen-bond donors (Lipinski definition) is 1. The van der Waals surface area contributed by atoms with Crippen LogP contribution in [0.5, 0.6) is 5.75 Å². The molecule has 0 unspecified atom stereocenters. The van der Waals surface area contributed by atoms with E-state index in [2.05, 4.69) is 16.9 Å². The number of anilines is 1. The van der Waals surface area contributed by atoms with E-state index in [0.717, 1.165) is 32.5 Å². The quantitative estimate of drug-likeness (QED) is 0.805. The van der Waals surface area contributed by atoms with E-state index in [-0.39, 0.29) is 0 Å². The Morgan fingerprint density at radius 1 is 1.27 bits per heavy atom. The van der Waals surface area contributed by atoms with Crippen molar-refractivity contribution >= 4 is 21.4 Å². The number of phenolic OH excluding ortho intramolecular Hbond substituents is 1. The van der Waals surface area contributed by atoms with E-state index in [1.165, 1.54) is 12.8 Å². The van der Waals surface area contributed by atoms with Crippen molar-refractivity contribution in [2.75, 3.05) is 11.9 Å². The largest absolute Gasteiger partial charge is 0.507 e. The van der Waals surface area contributed by atoms with Crippen LogP contribution in [0.2, 0.25) is 0 Å². The van der Waals surface area contributed by atoms with Gasteiger partial charge in [0.25, 0.3) is 0 Å². The number of imidazole rings is 1. The first kappa shape index (κ1) is 13.6. The Balaban J connectivity index is 1.81. The number of aryl methyl sites for hydroxylation is 2. The summed E-state index contributed by atoms with van der Waals surface area (Å²) in [6.45, 7) is 3.83. The van der Waals surface area contributed by atoms with Crippen molar-refractivity contribution in [1.29, 1.82) is 0 Å². The van der Waals surface area contributed by atoms with E-state index in [0.29, 0.717) is 11.8 Å². The van der Waals surface area contributed by atoms with Gasteiger partial charge in [-0.2, -0.15) is 0 Å². The molecule has 4 rings (SSSR count). The molecule has 0 amide bonds. The predicted octanol–water partition coefficient (Wildman–Crippen LogP) is 3.38. The molecule has 1 aliphatic carbocycles. The van der Waals surface area contributed by atoms with Gasteiger partial charge in [0.15, 0.2) is 0 Å². The highest BCUT2D eigenvalue weighted by Crippen LogP contribution is 2.35. The van der Waals surface area contributed by atoms with Gasteiger partial charge in [-0.05, 0) is 49.9 Å². The maximum atomic E-state index is 9.94. The van der Waals surface area contributed by atoms with Crippen LogP contribution < -0.4 is 4.90 Å². The number of nitrogens with zero attached hydrogens (tertiary/aromatic N) is 4. The Bertz CT molecular complexity index is 839. The third kappa shape index (κ3) is 2.06. The maximum absolute atomic E-state index is 9.94.